The molecule has 0 saturated heterocycles. The molecule has 3 aliphatic rings. The van der Waals surface area contributed by atoms with Crippen LogP contribution in [0.5, 0.6) is 5.75 Å². The molecule has 0 aromatic heterocycles. The lowest BCUT2D eigenvalue weighted by molar-refractivity contribution is -0.0396. The maximum Gasteiger partial charge on any atom is 0.115 e. The molecule has 4 rings (SSSR count). The fourth-order valence-corrected chi connectivity index (χ4v) is 8.52. The molecule has 2 saturated carbocycles. The van der Waals surface area contributed by atoms with E-state index in [1.165, 1.54) is 94.6 Å². The van der Waals surface area contributed by atoms with Crippen molar-refractivity contribution in [2.24, 2.45) is 23.2 Å². The largest absolute Gasteiger partial charge is 0.508 e. The molecular weight excluding hydrogens is 474 g/mol. The summed E-state index contributed by atoms with van der Waals surface area (Å²) in [7, 11) is 0. The van der Waals surface area contributed by atoms with Crippen molar-refractivity contribution in [2.75, 3.05) is 6.54 Å². The standard InChI is InChI=1S/C33H53NO2S/c1-3-4-21-34-31(37)14-12-10-8-6-5-7-9-11-13-24-22-25-23-26(35)15-16-27(25)28-19-20-33(2)29(32(24)28)17-18-30(33)36/h15-16,23-24,28-30,32,35-36H,3-14,17-22H2,1-2H3,(H,34,37)/t24-,28-,29+,30+,32-,33+/m1/s1. The minimum atomic E-state index is -0.117. The first-order chi connectivity index (χ1) is 17.9. The van der Waals surface area contributed by atoms with Crippen molar-refractivity contribution in [3.8, 4) is 5.75 Å². The second-order valence-electron chi connectivity index (χ2n) is 12.8. The highest BCUT2D eigenvalue weighted by atomic mass is 32.1. The quantitative estimate of drug-likeness (QED) is 0.168. The van der Waals surface area contributed by atoms with Gasteiger partial charge < -0.3 is 15.5 Å². The summed E-state index contributed by atoms with van der Waals surface area (Å²) < 4.78 is 0. The van der Waals surface area contributed by atoms with E-state index < -0.39 is 0 Å². The summed E-state index contributed by atoms with van der Waals surface area (Å²) in [4.78, 5) is 1.06. The van der Waals surface area contributed by atoms with E-state index in [1.54, 1.807) is 0 Å². The number of hydrogen-bond acceptors (Lipinski definition) is 3. The minimum absolute atomic E-state index is 0.114. The molecule has 1 aromatic rings. The molecule has 4 heteroatoms. The Kier molecular flexibility index (Phi) is 10.8. The molecule has 37 heavy (non-hydrogen) atoms. The van der Waals surface area contributed by atoms with Gasteiger partial charge >= 0.3 is 0 Å². The average molecular weight is 528 g/mol. The van der Waals surface area contributed by atoms with E-state index in [-0.39, 0.29) is 11.5 Å². The van der Waals surface area contributed by atoms with E-state index in [9.17, 15) is 10.2 Å². The highest BCUT2D eigenvalue weighted by molar-refractivity contribution is 7.80. The lowest BCUT2D eigenvalue weighted by Gasteiger charge is -2.53. The number of phenols is 1. The summed E-state index contributed by atoms with van der Waals surface area (Å²) in [5.41, 5.74) is 3.01. The van der Waals surface area contributed by atoms with Gasteiger partial charge in [-0.25, -0.2) is 0 Å². The average Bonchev–Trinajstić information content (AvgIpc) is 3.19. The number of unbranched alkanes of at least 4 members (excludes halogenated alkanes) is 8. The number of phenolic OH excluding ortho intramolecular Hbond substituents is 1. The number of aromatic hydroxyl groups is 1. The van der Waals surface area contributed by atoms with Crippen LogP contribution in [-0.4, -0.2) is 27.9 Å². The molecule has 0 heterocycles. The Morgan fingerprint density at radius 1 is 1.00 bits per heavy atom. The first-order valence-corrected chi connectivity index (χ1v) is 16.1. The predicted molar refractivity (Wildman–Crippen MR) is 159 cm³/mol. The molecule has 0 radical (unpaired) electrons. The maximum atomic E-state index is 10.9. The van der Waals surface area contributed by atoms with Crippen molar-refractivity contribution in [1.82, 2.24) is 5.32 Å². The van der Waals surface area contributed by atoms with Crippen LogP contribution in [0.1, 0.15) is 134 Å². The fraction of sp³-hybridized carbons (Fsp3) is 0.788. The monoisotopic (exact) mass is 527 g/mol. The zero-order valence-electron chi connectivity index (χ0n) is 23.6. The Morgan fingerprint density at radius 3 is 2.49 bits per heavy atom. The van der Waals surface area contributed by atoms with Crippen molar-refractivity contribution in [3.05, 3.63) is 29.3 Å². The Bertz CT molecular complexity index is 872. The van der Waals surface area contributed by atoms with Crippen LogP contribution in [0, 0.1) is 23.2 Å². The summed E-state index contributed by atoms with van der Waals surface area (Å²) in [5.74, 6) is 3.09. The Labute approximate surface area is 232 Å². The molecule has 208 valence electrons. The van der Waals surface area contributed by atoms with Gasteiger partial charge in [-0.3, -0.25) is 0 Å². The first kappa shape index (κ1) is 28.9. The Balaban J connectivity index is 1.19. The molecule has 0 bridgehead atoms. The zero-order valence-corrected chi connectivity index (χ0v) is 24.5. The number of rotatable bonds is 14. The molecule has 0 spiro atoms. The molecule has 2 fully saturated rings. The molecule has 0 unspecified atom stereocenters. The smallest absolute Gasteiger partial charge is 0.115 e. The molecule has 3 nitrogen and oxygen atoms in total. The summed E-state index contributed by atoms with van der Waals surface area (Å²) in [6.45, 7) is 5.63. The highest BCUT2D eigenvalue weighted by Gasteiger charge is 2.56. The van der Waals surface area contributed by atoms with Crippen LogP contribution in [0.4, 0.5) is 0 Å². The van der Waals surface area contributed by atoms with Gasteiger partial charge in [0.1, 0.15) is 5.75 Å². The van der Waals surface area contributed by atoms with Gasteiger partial charge in [-0.1, -0.05) is 83.5 Å². The third-order valence-electron chi connectivity index (χ3n) is 10.4. The second kappa shape index (κ2) is 13.8. The van der Waals surface area contributed by atoms with Gasteiger partial charge in [-0.2, -0.15) is 0 Å². The van der Waals surface area contributed by atoms with Gasteiger partial charge in [-0.05, 0) is 110 Å². The summed E-state index contributed by atoms with van der Waals surface area (Å²) in [6, 6.07) is 6.15. The van der Waals surface area contributed by atoms with Gasteiger partial charge in [0.25, 0.3) is 0 Å². The first-order valence-electron chi connectivity index (χ1n) is 15.7. The topological polar surface area (TPSA) is 52.5 Å². The normalized spacial score (nSPS) is 30.4. The highest BCUT2D eigenvalue weighted by Crippen LogP contribution is 2.62. The molecule has 3 aliphatic carbocycles. The van der Waals surface area contributed by atoms with Gasteiger partial charge in [0, 0.05) is 6.54 Å². The van der Waals surface area contributed by atoms with E-state index >= 15 is 0 Å². The van der Waals surface area contributed by atoms with E-state index in [0.29, 0.717) is 29.4 Å². The summed E-state index contributed by atoms with van der Waals surface area (Å²) >= 11 is 5.43. The lowest BCUT2D eigenvalue weighted by atomic mass is 9.52. The zero-order chi connectivity index (χ0) is 26.3. The molecule has 0 aliphatic heterocycles. The second-order valence-corrected chi connectivity index (χ2v) is 13.3. The molecule has 6 atom stereocenters. The van der Waals surface area contributed by atoms with Crippen molar-refractivity contribution in [3.63, 3.8) is 0 Å². The number of hydrogen-bond donors (Lipinski definition) is 3. The number of aliphatic hydroxyl groups excluding tert-OH is 1. The number of fused-ring (bicyclic) bond motifs is 5. The molecule has 3 N–H and O–H groups in total. The van der Waals surface area contributed by atoms with Crippen LogP contribution in [0.2, 0.25) is 0 Å². The fourth-order valence-electron chi connectivity index (χ4n) is 8.28. The van der Waals surface area contributed by atoms with Crippen LogP contribution >= 0.6 is 12.2 Å². The Morgan fingerprint density at radius 2 is 1.73 bits per heavy atom. The van der Waals surface area contributed by atoms with Crippen molar-refractivity contribution in [1.29, 1.82) is 0 Å². The summed E-state index contributed by atoms with van der Waals surface area (Å²) in [6.07, 6.45) is 20.9. The van der Waals surface area contributed by atoms with E-state index in [0.717, 1.165) is 37.2 Å². The number of thiocarbonyl (C=S) groups is 1. The molecule has 0 amide bonds. The predicted octanol–water partition coefficient (Wildman–Crippen LogP) is 8.45. The maximum absolute atomic E-state index is 10.9. The third kappa shape index (κ3) is 7.10. The van der Waals surface area contributed by atoms with Gasteiger partial charge in [-0.15, -0.1) is 0 Å². The molecular formula is C33H53NO2S. The number of nitrogens with one attached hydrogen (secondary N) is 1. The van der Waals surface area contributed by atoms with Gasteiger partial charge in [0.05, 0.1) is 11.1 Å². The minimum Gasteiger partial charge on any atom is -0.508 e. The van der Waals surface area contributed by atoms with E-state index in [2.05, 4.69) is 25.2 Å². The van der Waals surface area contributed by atoms with Crippen molar-refractivity contribution in [2.45, 2.75) is 135 Å². The van der Waals surface area contributed by atoms with Crippen LogP contribution in [0.25, 0.3) is 0 Å². The van der Waals surface area contributed by atoms with Crippen molar-refractivity contribution < 1.29 is 10.2 Å². The van der Waals surface area contributed by atoms with Crippen LogP contribution in [0.3, 0.4) is 0 Å². The number of aliphatic hydroxyl groups is 1. The van der Waals surface area contributed by atoms with Crippen LogP contribution in [-0.2, 0) is 6.42 Å². The summed E-state index contributed by atoms with van der Waals surface area (Å²) in [5, 5.41) is 24.4. The van der Waals surface area contributed by atoms with E-state index in [4.69, 9.17) is 12.2 Å². The van der Waals surface area contributed by atoms with Crippen LogP contribution < -0.4 is 5.32 Å². The molecule has 1 aromatic carbocycles. The number of benzene rings is 1. The van der Waals surface area contributed by atoms with Gasteiger partial charge in [0.15, 0.2) is 0 Å². The van der Waals surface area contributed by atoms with Gasteiger partial charge in [0.2, 0.25) is 0 Å². The Hall–Kier alpha value is -1.13. The SMILES string of the molecule is CCCCNC(=S)CCCCCCCCCC[C@@H]1Cc2cc(O)ccc2[C@H]2CC[C@]3(C)[C@@H](O)CC[C@H]3[C@H]12. The van der Waals surface area contributed by atoms with Crippen molar-refractivity contribution >= 4 is 17.2 Å². The van der Waals surface area contributed by atoms with Crippen LogP contribution in [0.15, 0.2) is 18.2 Å². The lowest BCUT2D eigenvalue weighted by Crippen LogP contribution is -2.47. The van der Waals surface area contributed by atoms with E-state index in [1.807, 2.05) is 12.1 Å². The third-order valence-corrected chi connectivity index (χ3v) is 10.8.